The lowest BCUT2D eigenvalue weighted by Crippen LogP contribution is -2.34. The lowest BCUT2D eigenvalue weighted by atomic mass is 10.1. The van der Waals surface area contributed by atoms with E-state index in [1.807, 2.05) is 0 Å². The summed E-state index contributed by atoms with van der Waals surface area (Å²) < 4.78 is 77.6. The number of carbonyl (C=O) groups is 1. The van der Waals surface area contributed by atoms with E-state index in [1.54, 1.807) is 0 Å². The first-order valence-corrected chi connectivity index (χ1v) is 10.4. The largest absolute Gasteiger partial charge is 0.420 e. The molecular formula is C18H11F4N3O3S2. The van der Waals surface area contributed by atoms with Crippen LogP contribution in [0.5, 0.6) is 0 Å². The maximum atomic E-state index is 14.7. The Hall–Kier alpha value is -3.04. The highest BCUT2D eigenvalue weighted by Gasteiger charge is 2.42. The molecule has 2 aromatic rings. The Morgan fingerprint density at radius 2 is 1.73 bits per heavy atom. The maximum absolute atomic E-state index is 14.7. The molecule has 1 saturated heterocycles. The van der Waals surface area contributed by atoms with E-state index in [1.165, 1.54) is 35.2 Å². The molecule has 1 amide bonds. The van der Waals surface area contributed by atoms with E-state index in [4.69, 9.17) is 17.5 Å². The fourth-order valence-corrected chi connectivity index (χ4v) is 3.92. The van der Waals surface area contributed by atoms with Crippen LogP contribution in [0.4, 0.5) is 28.9 Å². The van der Waals surface area contributed by atoms with Crippen molar-refractivity contribution in [1.82, 2.24) is 0 Å². The van der Waals surface area contributed by atoms with Gasteiger partial charge in [-0.05, 0) is 48.6 Å². The summed E-state index contributed by atoms with van der Waals surface area (Å²) in [5, 5.41) is 8.57. The molecule has 30 heavy (non-hydrogen) atoms. The minimum atomic E-state index is -5.16. The molecule has 0 aliphatic carbocycles. The van der Waals surface area contributed by atoms with Gasteiger partial charge in [0.1, 0.15) is 12.1 Å². The number of sulfone groups is 1. The summed E-state index contributed by atoms with van der Waals surface area (Å²) in [5.41, 5.74) is -3.14. The first-order chi connectivity index (χ1) is 13.9. The van der Waals surface area contributed by atoms with Crippen LogP contribution in [0, 0.1) is 17.1 Å². The van der Waals surface area contributed by atoms with Gasteiger partial charge in [0, 0.05) is 11.9 Å². The average molecular weight is 457 g/mol. The lowest BCUT2D eigenvalue weighted by Gasteiger charge is -2.22. The minimum absolute atomic E-state index is 0.0208. The summed E-state index contributed by atoms with van der Waals surface area (Å²) in [5.74, 6) is -2.57. The molecule has 12 heteroatoms. The molecule has 0 saturated carbocycles. The van der Waals surface area contributed by atoms with Gasteiger partial charge in [0.25, 0.3) is 5.91 Å². The highest BCUT2D eigenvalue weighted by Crippen LogP contribution is 2.39. The Kier molecular flexibility index (Phi) is 5.30. The second-order valence-electron chi connectivity index (χ2n) is 6.29. The van der Waals surface area contributed by atoms with E-state index in [2.05, 4.69) is 0 Å². The Bertz CT molecular complexity index is 1200. The van der Waals surface area contributed by atoms with Crippen molar-refractivity contribution in [3.63, 3.8) is 0 Å². The van der Waals surface area contributed by atoms with Crippen molar-refractivity contribution < 1.29 is 30.8 Å². The summed E-state index contributed by atoms with van der Waals surface area (Å²) in [6.07, 6.45) is -4.14. The number of thiocarbonyl (C=S) groups is 1. The van der Waals surface area contributed by atoms with Gasteiger partial charge in [0.2, 0.25) is 0 Å². The number of rotatable bonds is 3. The zero-order chi connectivity index (χ0) is 22.4. The van der Waals surface area contributed by atoms with Crippen LogP contribution >= 0.6 is 12.2 Å². The molecule has 3 rings (SSSR count). The van der Waals surface area contributed by atoms with E-state index >= 15 is 0 Å². The quantitative estimate of drug-likeness (QED) is 0.520. The van der Waals surface area contributed by atoms with Gasteiger partial charge in [-0.3, -0.25) is 9.69 Å². The van der Waals surface area contributed by atoms with Crippen LogP contribution in [0.2, 0.25) is 0 Å². The van der Waals surface area contributed by atoms with Crippen molar-refractivity contribution in [3.05, 3.63) is 53.3 Å². The van der Waals surface area contributed by atoms with E-state index in [0.29, 0.717) is 10.6 Å². The van der Waals surface area contributed by atoms with Gasteiger partial charge in [-0.2, -0.15) is 18.4 Å². The molecule has 0 atom stereocenters. The van der Waals surface area contributed by atoms with Gasteiger partial charge in [-0.15, -0.1) is 0 Å². The molecule has 0 N–H and O–H groups in total. The molecule has 2 aromatic carbocycles. The van der Waals surface area contributed by atoms with Crippen LogP contribution < -0.4 is 9.80 Å². The third-order valence-electron chi connectivity index (χ3n) is 4.31. The minimum Gasteiger partial charge on any atom is -0.309 e. The molecule has 1 heterocycles. The predicted molar refractivity (Wildman–Crippen MR) is 103 cm³/mol. The molecule has 1 fully saturated rings. The summed E-state index contributed by atoms with van der Waals surface area (Å²) in [4.78, 5) is 14.3. The Morgan fingerprint density at radius 1 is 1.13 bits per heavy atom. The second kappa shape index (κ2) is 7.33. The Morgan fingerprint density at radius 3 is 2.23 bits per heavy atom. The first-order valence-electron chi connectivity index (χ1n) is 8.10. The van der Waals surface area contributed by atoms with Gasteiger partial charge < -0.3 is 4.90 Å². The van der Waals surface area contributed by atoms with Crippen LogP contribution in [-0.4, -0.2) is 32.2 Å². The number of nitrogens with zero attached hydrogens (tertiary/aromatic N) is 3. The summed E-state index contributed by atoms with van der Waals surface area (Å²) in [7, 11) is -3.46. The van der Waals surface area contributed by atoms with Crippen LogP contribution in [0.25, 0.3) is 0 Å². The van der Waals surface area contributed by atoms with Gasteiger partial charge in [-0.1, -0.05) is 0 Å². The zero-order valence-electron chi connectivity index (χ0n) is 15.1. The van der Waals surface area contributed by atoms with Crippen LogP contribution in [-0.2, 0) is 20.8 Å². The van der Waals surface area contributed by atoms with Crippen LogP contribution in [0.1, 0.15) is 11.1 Å². The average Bonchev–Trinajstić information content (AvgIpc) is 2.94. The van der Waals surface area contributed by atoms with Crippen molar-refractivity contribution in [3.8, 4) is 6.07 Å². The number of amides is 1. The predicted octanol–water partition coefficient (Wildman–Crippen LogP) is 3.26. The number of benzene rings is 2. The number of hydrogen-bond acceptors (Lipinski definition) is 5. The summed E-state index contributed by atoms with van der Waals surface area (Å²) >= 11 is 5.17. The van der Waals surface area contributed by atoms with E-state index < -0.39 is 51.1 Å². The van der Waals surface area contributed by atoms with E-state index in [9.17, 15) is 30.8 Å². The molecular weight excluding hydrogens is 446 g/mol. The monoisotopic (exact) mass is 457 g/mol. The number of anilines is 2. The maximum Gasteiger partial charge on any atom is 0.420 e. The molecule has 156 valence electrons. The van der Waals surface area contributed by atoms with Crippen molar-refractivity contribution in [2.75, 3.05) is 22.6 Å². The molecule has 0 aromatic heterocycles. The molecule has 0 unspecified atom stereocenters. The summed E-state index contributed by atoms with van der Waals surface area (Å²) in [6, 6.07) is 8.23. The van der Waals surface area contributed by atoms with Gasteiger partial charge in [-0.25, -0.2) is 12.8 Å². The zero-order valence-corrected chi connectivity index (χ0v) is 16.7. The fraction of sp³-hybridized carbons (Fsp3) is 0.167. The van der Waals surface area contributed by atoms with Gasteiger partial charge >= 0.3 is 6.18 Å². The number of carbonyl (C=O) groups excluding carboxylic acids is 1. The Labute approximate surface area is 173 Å². The molecule has 0 radical (unpaired) electrons. The second-order valence-corrected chi connectivity index (χ2v) is 8.68. The van der Waals surface area contributed by atoms with E-state index in [-0.39, 0.29) is 10.0 Å². The van der Waals surface area contributed by atoms with Crippen LogP contribution in [0.3, 0.4) is 0 Å². The van der Waals surface area contributed by atoms with Gasteiger partial charge in [0.05, 0.1) is 22.2 Å². The fourth-order valence-electron chi connectivity index (χ4n) is 2.92. The SMILES string of the molecule is CS(=O)(=O)c1ccc(N2CC(=O)N(c3ccc(C#N)c(C(F)(F)F)c3F)C2=S)cc1. The smallest absolute Gasteiger partial charge is 0.309 e. The summed E-state index contributed by atoms with van der Waals surface area (Å²) in [6.45, 7) is -0.391. The first kappa shape index (κ1) is 21.7. The highest BCUT2D eigenvalue weighted by molar-refractivity contribution is 7.90. The van der Waals surface area contributed by atoms with Crippen molar-refractivity contribution >= 4 is 44.4 Å². The number of hydrogen-bond donors (Lipinski definition) is 0. The van der Waals surface area contributed by atoms with Gasteiger partial charge in [0.15, 0.2) is 20.8 Å². The standard InChI is InChI=1S/C18H11F4N3O3S2/c1-30(27,28)12-5-3-11(4-6-12)24-9-14(26)25(17(24)29)13-7-2-10(8-23)15(16(13)19)18(20,21)22/h2-7H,9H2,1H3. The molecule has 1 aliphatic heterocycles. The Balaban J connectivity index is 2.03. The number of nitriles is 1. The van der Waals surface area contributed by atoms with Crippen LogP contribution in [0.15, 0.2) is 41.3 Å². The van der Waals surface area contributed by atoms with E-state index in [0.717, 1.165) is 18.4 Å². The molecule has 0 spiro atoms. The van der Waals surface area contributed by atoms with Crippen molar-refractivity contribution in [1.29, 1.82) is 5.26 Å². The highest BCUT2D eigenvalue weighted by atomic mass is 32.2. The number of alkyl halides is 3. The third kappa shape index (κ3) is 3.73. The lowest BCUT2D eigenvalue weighted by molar-refractivity contribution is -0.140. The molecule has 0 bridgehead atoms. The molecule has 6 nitrogen and oxygen atoms in total. The molecule has 1 aliphatic rings. The van der Waals surface area contributed by atoms with Crippen molar-refractivity contribution in [2.24, 2.45) is 0 Å². The number of halogens is 4. The normalized spacial score (nSPS) is 14.9. The van der Waals surface area contributed by atoms with Crippen molar-refractivity contribution in [2.45, 2.75) is 11.1 Å². The third-order valence-corrected chi connectivity index (χ3v) is 5.84. The topological polar surface area (TPSA) is 81.5 Å².